The molecule has 0 aliphatic carbocycles. The summed E-state index contributed by atoms with van der Waals surface area (Å²) >= 11 is 0. The molecule has 0 unspecified atom stereocenters. The van der Waals surface area contributed by atoms with Crippen LogP contribution in [0.3, 0.4) is 0 Å². The molecule has 2 aromatic heterocycles. The lowest BCUT2D eigenvalue weighted by molar-refractivity contribution is -0.0241. The molecule has 0 bridgehead atoms. The van der Waals surface area contributed by atoms with Crippen molar-refractivity contribution < 1.29 is 13.7 Å². The van der Waals surface area contributed by atoms with E-state index in [0.717, 1.165) is 29.8 Å². The van der Waals surface area contributed by atoms with E-state index in [0.29, 0.717) is 24.9 Å². The maximum Gasteiger partial charge on any atom is 0.246 e. The van der Waals surface area contributed by atoms with E-state index >= 15 is 0 Å². The van der Waals surface area contributed by atoms with E-state index in [1.807, 2.05) is 32.0 Å². The Morgan fingerprint density at radius 3 is 2.96 bits per heavy atom. The number of rotatable bonds is 3. The van der Waals surface area contributed by atoms with Crippen molar-refractivity contribution in [2.45, 2.75) is 26.4 Å². The Balaban J connectivity index is 1.66. The van der Waals surface area contributed by atoms with Crippen molar-refractivity contribution in [2.24, 2.45) is 0 Å². The lowest BCUT2D eigenvalue weighted by Gasteiger charge is -2.33. The Labute approximate surface area is 134 Å². The monoisotopic (exact) mass is 313 g/mol. The van der Waals surface area contributed by atoms with Crippen molar-refractivity contribution in [3.8, 4) is 0 Å². The van der Waals surface area contributed by atoms with Gasteiger partial charge in [0.2, 0.25) is 5.89 Å². The average Bonchev–Trinajstić information content (AvgIpc) is 3.12. The highest BCUT2D eigenvalue weighted by Gasteiger charge is 2.30. The van der Waals surface area contributed by atoms with Gasteiger partial charge in [-0.15, -0.1) is 0 Å². The van der Waals surface area contributed by atoms with Gasteiger partial charge in [-0.3, -0.25) is 4.90 Å². The number of aromatic nitrogens is 2. The highest BCUT2D eigenvalue weighted by molar-refractivity contribution is 5.82. The normalized spacial score (nSPS) is 19.5. The molecular formula is C17H19N3O3. The molecular weight excluding hydrogens is 294 g/mol. The third-order valence-corrected chi connectivity index (χ3v) is 4.33. The molecule has 0 saturated carbocycles. The zero-order chi connectivity index (χ0) is 15.8. The van der Waals surface area contributed by atoms with Crippen molar-refractivity contribution >= 4 is 11.0 Å². The van der Waals surface area contributed by atoms with Crippen molar-refractivity contribution in [1.29, 1.82) is 0 Å². The van der Waals surface area contributed by atoms with Crippen LogP contribution in [0.1, 0.15) is 29.1 Å². The number of furan rings is 1. The predicted octanol–water partition coefficient (Wildman–Crippen LogP) is 3.01. The van der Waals surface area contributed by atoms with Crippen molar-refractivity contribution in [1.82, 2.24) is 15.0 Å². The summed E-state index contributed by atoms with van der Waals surface area (Å²) in [5, 5.41) is 5.07. The van der Waals surface area contributed by atoms with Crippen molar-refractivity contribution in [2.75, 3.05) is 19.8 Å². The number of para-hydroxylation sites is 1. The molecule has 1 aliphatic heterocycles. The van der Waals surface area contributed by atoms with Crippen LogP contribution in [0.5, 0.6) is 0 Å². The van der Waals surface area contributed by atoms with Crippen LogP contribution in [-0.2, 0) is 11.3 Å². The van der Waals surface area contributed by atoms with Gasteiger partial charge in [-0.2, -0.15) is 4.98 Å². The second kappa shape index (κ2) is 5.79. The Hall–Kier alpha value is -2.18. The Morgan fingerprint density at radius 2 is 2.13 bits per heavy atom. The zero-order valence-electron chi connectivity index (χ0n) is 13.3. The number of hydrogen-bond donors (Lipinski definition) is 0. The number of morpholine rings is 1. The lowest BCUT2D eigenvalue weighted by atomic mass is 10.1. The van der Waals surface area contributed by atoms with Gasteiger partial charge in [-0.1, -0.05) is 23.4 Å². The summed E-state index contributed by atoms with van der Waals surface area (Å²) in [5.41, 5.74) is 2.14. The second-order valence-corrected chi connectivity index (χ2v) is 5.87. The van der Waals surface area contributed by atoms with Gasteiger partial charge in [0.1, 0.15) is 17.4 Å². The molecule has 120 valence electrons. The van der Waals surface area contributed by atoms with E-state index < -0.39 is 0 Å². The summed E-state index contributed by atoms with van der Waals surface area (Å²) in [5.74, 6) is 2.22. The first-order valence-corrected chi connectivity index (χ1v) is 7.81. The highest BCUT2D eigenvalue weighted by Crippen LogP contribution is 2.30. The largest absolute Gasteiger partial charge is 0.461 e. The van der Waals surface area contributed by atoms with Gasteiger partial charge >= 0.3 is 0 Å². The molecule has 1 saturated heterocycles. The van der Waals surface area contributed by atoms with E-state index in [1.54, 1.807) is 0 Å². The minimum Gasteiger partial charge on any atom is -0.461 e. The van der Waals surface area contributed by atoms with Gasteiger partial charge in [-0.25, -0.2) is 0 Å². The topological polar surface area (TPSA) is 64.5 Å². The van der Waals surface area contributed by atoms with E-state index in [1.165, 1.54) is 5.56 Å². The molecule has 3 heterocycles. The zero-order valence-corrected chi connectivity index (χ0v) is 13.3. The summed E-state index contributed by atoms with van der Waals surface area (Å²) in [6.45, 7) is 6.72. The Morgan fingerprint density at radius 1 is 1.26 bits per heavy atom. The molecule has 4 rings (SSSR count). The standard InChI is InChI=1S/C17H19N3O3/c1-11-14(13-5-3-4-6-16(13)22-11)9-20-7-8-21-10-15(20)17-18-12(2)19-23-17/h3-6,15H,7-10H2,1-2H3/t15-/m0/s1. The maximum absolute atomic E-state index is 5.88. The average molecular weight is 313 g/mol. The van der Waals surface area contributed by atoms with Gasteiger partial charge in [0.05, 0.1) is 13.2 Å². The lowest BCUT2D eigenvalue weighted by Crippen LogP contribution is -2.39. The number of fused-ring (bicyclic) bond motifs is 1. The fourth-order valence-corrected chi connectivity index (χ4v) is 3.12. The third-order valence-electron chi connectivity index (χ3n) is 4.33. The minimum atomic E-state index is -0.0157. The SMILES string of the molecule is Cc1noc([C@@H]2COCCN2Cc2c(C)oc3ccccc23)n1. The first kappa shape index (κ1) is 14.4. The van der Waals surface area contributed by atoms with E-state index in [4.69, 9.17) is 13.7 Å². The number of aryl methyl sites for hydroxylation is 2. The first-order valence-electron chi connectivity index (χ1n) is 7.81. The van der Waals surface area contributed by atoms with Crippen LogP contribution in [0.25, 0.3) is 11.0 Å². The third kappa shape index (κ3) is 2.64. The molecule has 0 spiro atoms. The second-order valence-electron chi connectivity index (χ2n) is 5.87. The maximum atomic E-state index is 5.88. The molecule has 1 aliphatic rings. The number of ether oxygens (including phenoxy) is 1. The fourth-order valence-electron chi connectivity index (χ4n) is 3.12. The quantitative estimate of drug-likeness (QED) is 0.740. The van der Waals surface area contributed by atoms with Gasteiger partial charge in [0, 0.05) is 24.0 Å². The van der Waals surface area contributed by atoms with E-state index in [-0.39, 0.29) is 6.04 Å². The van der Waals surface area contributed by atoms with Gasteiger partial charge < -0.3 is 13.7 Å². The number of hydrogen-bond acceptors (Lipinski definition) is 6. The van der Waals surface area contributed by atoms with E-state index in [2.05, 4.69) is 21.1 Å². The Kier molecular flexibility index (Phi) is 3.63. The minimum absolute atomic E-state index is 0.0157. The molecule has 6 nitrogen and oxygen atoms in total. The molecule has 6 heteroatoms. The van der Waals surface area contributed by atoms with Crippen LogP contribution in [0.4, 0.5) is 0 Å². The highest BCUT2D eigenvalue weighted by atomic mass is 16.5. The van der Waals surface area contributed by atoms with Gasteiger partial charge in [0.15, 0.2) is 5.82 Å². The van der Waals surface area contributed by atoms with Crippen LogP contribution in [0.2, 0.25) is 0 Å². The summed E-state index contributed by atoms with van der Waals surface area (Å²) < 4.78 is 16.9. The molecule has 0 N–H and O–H groups in total. The Bertz CT molecular complexity index is 823. The van der Waals surface area contributed by atoms with E-state index in [9.17, 15) is 0 Å². The summed E-state index contributed by atoms with van der Waals surface area (Å²) in [6.07, 6.45) is 0. The van der Waals surface area contributed by atoms with Crippen LogP contribution in [0, 0.1) is 13.8 Å². The summed E-state index contributed by atoms with van der Waals surface area (Å²) in [4.78, 5) is 6.70. The van der Waals surface area contributed by atoms with Crippen LogP contribution >= 0.6 is 0 Å². The van der Waals surface area contributed by atoms with Crippen LogP contribution in [-0.4, -0.2) is 34.8 Å². The molecule has 1 fully saturated rings. The molecule has 0 radical (unpaired) electrons. The van der Waals surface area contributed by atoms with Crippen LogP contribution < -0.4 is 0 Å². The molecule has 0 amide bonds. The first-order chi connectivity index (χ1) is 11.2. The van der Waals surface area contributed by atoms with Crippen molar-refractivity contribution in [3.05, 3.63) is 47.3 Å². The molecule has 23 heavy (non-hydrogen) atoms. The molecule has 1 atom stereocenters. The van der Waals surface area contributed by atoms with Crippen molar-refractivity contribution in [3.63, 3.8) is 0 Å². The van der Waals surface area contributed by atoms with Gasteiger partial charge in [0.25, 0.3) is 0 Å². The molecule has 1 aromatic carbocycles. The fraction of sp³-hybridized carbons (Fsp3) is 0.412. The molecule has 3 aromatic rings. The van der Waals surface area contributed by atoms with Crippen LogP contribution in [0.15, 0.2) is 33.2 Å². The number of nitrogens with zero attached hydrogens (tertiary/aromatic N) is 3. The smallest absolute Gasteiger partial charge is 0.246 e. The summed E-state index contributed by atoms with van der Waals surface area (Å²) in [7, 11) is 0. The summed E-state index contributed by atoms with van der Waals surface area (Å²) in [6, 6.07) is 8.13. The number of benzene rings is 1. The predicted molar refractivity (Wildman–Crippen MR) is 84.0 cm³/mol. The van der Waals surface area contributed by atoms with Gasteiger partial charge in [-0.05, 0) is 19.9 Å².